The Balaban J connectivity index is 2.75. The van der Waals surface area contributed by atoms with Gasteiger partial charge in [-0.15, -0.1) is 0 Å². The van der Waals surface area contributed by atoms with Crippen LogP contribution in [0.25, 0.3) is 0 Å². The number of benzene rings is 1. The molecule has 0 amide bonds. The Hall–Kier alpha value is -1.42. The molecule has 1 aromatic carbocycles. The average Bonchev–Trinajstić information content (AvgIpc) is 2.04. The summed E-state index contributed by atoms with van der Waals surface area (Å²) < 4.78 is 0. The molecule has 1 radical (unpaired) electrons. The molecule has 0 aliphatic rings. The molecule has 1 rings (SSSR count). The Morgan fingerprint density at radius 1 is 1.46 bits per heavy atom. The molecule has 0 aromatic heterocycles. The molecule has 0 aliphatic heterocycles. The van der Waals surface area contributed by atoms with Crippen molar-refractivity contribution in [3.05, 3.63) is 46.4 Å². The largest absolute Gasteiger partial charge is 0.393 e. The van der Waals surface area contributed by atoms with Crippen LogP contribution in [-0.2, 0) is 0 Å². The maximum atomic E-state index is 10.3. The lowest BCUT2D eigenvalue weighted by atomic mass is 10.1. The van der Waals surface area contributed by atoms with Gasteiger partial charge in [0.2, 0.25) is 0 Å². The molecular weight excluding hydrogens is 170 g/mol. The fourth-order valence-corrected chi connectivity index (χ4v) is 0.986. The zero-order valence-corrected chi connectivity index (χ0v) is 7.18. The summed E-state index contributed by atoms with van der Waals surface area (Å²) in [5.74, 6) is 0. The lowest BCUT2D eigenvalue weighted by Crippen LogP contribution is -2.00. The molecule has 4 heteroatoms. The van der Waals surface area contributed by atoms with E-state index < -0.39 is 11.0 Å². The topological polar surface area (TPSA) is 63.4 Å². The van der Waals surface area contributed by atoms with Gasteiger partial charge in [-0.2, -0.15) is 0 Å². The van der Waals surface area contributed by atoms with E-state index in [1.807, 2.05) is 0 Å². The van der Waals surface area contributed by atoms with Crippen LogP contribution in [0, 0.1) is 16.5 Å². The molecule has 0 unspecified atom stereocenters. The van der Waals surface area contributed by atoms with Crippen molar-refractivity contribution in [2.45, 2.75) is 13.0 Å². The van der Waals surface area contributed by atoms with Crippen LogP contribution in [0.2, 0.25) is 0 Å². The normalized spacial score (nSPS) is 12.5. The van der Waals surface area contributed by atoms with Crippen LogP contribution < -0.4 is 0 Å². The maximum absolute atomic E-state index is 10.3. The third kappa shape index (κ3) is 2.83. The average molecular weight is 180 g/mol. The van der Waals surface area contributed by atoms with Crippen LogP contribution in [-0.4, -0.2) is 16.1 Å². The predicted octanol–water partition coefficient (Wildman–Crippen LogP) is 1.53. The Bertz CT molecular complexity index is 292. The fraction of sp³-hybridized carbons (Fsp3) is 0.222. The molecule has 0 fully saturated rings. The fourth-order valence-electron chi connectivity index (χ4n) is 0.986. The van der Waals surface area contributed by atoms with Crippen molar-refractivity contribution < 1.29 is 10.0 Å². The quantitative estimate of drug-likeness (QED) is 0.566. The summed E-state index contributed by atoms with van der Waals surface area (Å²) in [5.41, 5.74) is 0.836. The molecule has 0 saturated heterocycles. The van der Waals surface area contributed by atoms with E-state index in [9.17, 15) is 10.1 Å². The summed E-state index contributed by atoms with van der Waals surface area (Å²) in [6.07, 6.45) is 1.07. The molecule has 69 valence electrons. The lowest BCUT2D eigenvalue weighted by molar-refractivity contribution is -0.384. The summed E-state index contributed by atoms with van der Waals surface area (Å²) in [5, 5.41) is 19.3. The first kappa shape index (κ1) is 9.67. The second-order valence-electron chi connectivity index (χ2n) is 2.76. The first-order valence-electron chi connectivity index (χ1n) is 3.87. The van der Waals surface area contributed by atoms with Crippen molar-refractivity contribution in [2.75, 3.05) is 0 Å². The molecule has 1 aromatic rings. The number of nitro benzene ring substituents is 1. The maximum Gasteiger partial charge on any atom is 0.269 e. The van der Waals surface area contributed by atoms with Crippen LogP contribution >= 0.6 is 0 Å². The monoisotopic (exact) mass is 180 g/mol. The number of hydrogen-bond acceptors (Lipinski definition) is 3. The Morgan fingerprint density at radius 3 is 2.38 bits per heavy atom. The van der Waals surface area contributed by atoms with Gasteiger partial charge in [-0.25, -0.2) is 0 Å². The highest BCUT2D eigenvalue weighted by atomic mass is 16.6. The number of rotatable bonds is 3. The van der Waals surface area contributed by atoms with Crippen molar-refractivity contribution in [3.63, 3.8) is 0 Å². The molecule has 0 saturated carbocycles. The number of non-ortho nitro benzene ring substituents is 1. The van der Waals surface area contributed by atoms with E-state index in [0.29, 0.717) is 0 Å². The van der Waals surface area contributed by atoms with Crippen LogP contribution in [0.15, 0.2) is 24.3 Å². The number of aliphatic hydroxyl groups excluding tert-OH is 1. The molecule has 0 heterocycles. The molecule has 0 bridgehead atoms. The minimum Gasteiger partial charge on any atom is -0.393 e. The standard InChI is InChI=1S/C9H10NO3/c1-7(11)6-8-2-4-9(5-3-8)10(12)13/h2-7,11H,1H3/t7-/m0/s1. The number of nitrogens with zero attached hydrogens (tertiary/aromatic N) is 1. The second kappa shape index (κ2) is 4.00. The van der Waals surface area contributed by atoms with Crippen LogP contribution in [0.1, 0.15) is 12.5 Å². The van der Waals surface area contributed by atoms with Crippen molar-refractivity contribution in [1.29, 1.82) is 0 Å². The minimum absolute atomic E-state index is 0.0581. The van der Waals surface area contributed by atoms with Gasteiger partial charge in [0.1, 0.15) is 0 Å². The minimum atomic E-state index is -0.540. The molecule has 0 spiro atoms. The van der Waals surface area contributed by atoms with Gasteiger partial charge in [0.25, 0.3) is 5.69 Å². The molecule has 0 aliphatic carbocycles. The zero-order valence-electron chi connectivity index (χ0n) is 7.18. The van der Waals surface area contributed by atoms with Gasteiger partial charge in [0, 0.05) is 18.6 Å². The summed E-state index contributed by atoms with van der Waals surface area (Å²) in [6.45, 7) is 1.63. The molecule has 13 heavy (non-hydrogen) atoms. The molecule has 1 atom stereocenters. The first-order valence-corrected chi connectivity index (χ1v) is 3.87. The second-order valence-corrected chi connectivity index (χ2v) is 2.76. The number of hydrogen-bond donors (Lipinski definition) is 1. The van der Waals surface area contributed by atoms with E-state index in [1.54, 1.807) is 25.5 Å². The van der Waals surface area contributed by atoms with Crippen molar-refractivity contribution in [3.8, 4) is 0 Å². The summed E-state index contributed by atoms with van der Waals surface area (Å²) >= 11 is 0. The Morgan fingerprint density at radius 2 is 2.00 bits per heavy atom. The Labute approximate surface area is 76.0 Å². The number of aliphatic hydroxyl groups is 1. The van der Waals surface area contributed by atoms with Gasteiger partial charge in [-0.3, -0.25) is 10.1 Å². The first-order chi connectivity index (χ1) is 6.09. The Kier molecular flexibility index (Phi) is 2.97. The highest BCUT2D eigenvalue weighted by Crippen LogP contribution is 2.13. The molecule has 1 N–H and O–H groups in total. The van der Waals surface area contributed by atoms with E-state index in [0.717, 1.165) is 5.56 Å². The van der Waals surface area contributed by atoms with E-state index >= 15 is 0 Å². The van der Waals surface area contributed by atoms with Gasteiger partial charge in [0.05, 0.1) is 11.0 Å². The van der Waals surface area contributed by atoms with E-state index in [4.69, 9.17) is 5.11 Å². The van der Waals surface area contributed by atoms with Crippen molar-refractivity contribution in [2.24, 2.45) is 0 Å². The van der Waals surface area contributed by atoms with Crippen LogP contribution in [0.3, 0.4) is 0 Å². The predicted molar refractivity (Wildman–Crippen MR) is 48.2 cm³/mol. The number of nitro groups is 1. The summed E-state index contributed by atoms with van der Waals surface area (Å²) in [6, 6.07) is 6.03. The summed E-state index contributed by atoms with van der Waals surface area (Å²) in [4.78, 5) is 9.83. The van der Waals surface area contributed by atoms with Gasteiger partial charge in [-0.1, -0.05) is 12.1 Å². The van der Waals surface area contributed by atoms with Crippen LogP contribution in [0.4, 0.5) is 5.69 Å². The highest BCUT2D eigenvalue weighted by Gasteiger charge is 2.05. The lowest BCUT2D eigenvalue weighted by Gasteiger charge is -2.02. The summed E-state index contributed by atoms with van der Waals surface area (Å²) in [7, 11) is 0. The molecule has 4 nitrogen and oxygen atoms in total. The molecular formula is C9H10NO3. The van der Waals surface area contributed by atoms with E-state index in [-0.39, 0.29) is 5.69 Å². The smallest absolute Gasteiger partial charge is 0.269 e. The third-order valence-electron chi connectivity index (χ3n) is 1.54. The van der Waals surface area contributed by atoms with Gasteiger partial charge < -0.3 is 5.11 Å². The van der Waals surface area contributed by atoms with Gasteiger partial charge in [-0.05, 0) is 12.5 Å². The SMILES string of the molecule is C[C@H](O)[CH]c1ccc([N+](=O)[O-])cc1. The van der Waals surface area contributed by atoms with Gasteiger partial charge in [0.15, 0.2) is 0 Å². The van der Waals surface area contributed by atoms with E-state index in [2.05, 4.69) is 0 Å². The zero-order chi connectivity index (χ0) is 9.84. The van der Waals surface area contributed by atoms with Crippen LogP contribution in [0.5, 0.6) is 0 Å². The third-order valence-corrected chi connectivity index (χ3v) is 1.54. The van der Waals surface area contributed by atoms with Crippen molar-refractivity contribution in [1.82, 2.24) is 0 Å². The van der Waals surface area contributed by atoms with Crippen molar-refractivity contribution >= 4 is 5.69 Å². The highest BCUT2D eigenvalue weighted by molar-refractivity contribution is 5.36. The van der Waals surface area contributed by atoms with E-state index in [1.165, 1.54) is 12.1 Å². The van der Waals surface area contributed by atoms with Gasteiger partial charge >= 0.3 is 0 Å².